The van der Waals surface area contributed by atoms with Gasteiger partial charge < -0.3 is 0 Å². The fraction of sp³-hybridized carbons (Fsp3) is 0.0588. The van der Waals surface area contributed by atoms with E-state index in [0.717, 1.165) is 21.4 Å². The van der Waals surface area contributed by atoms with Crippen molar-refractivity contribution in [3.63, 3.8) is 0 Å². The molecule has 1 aromatic heterocycles. The summed E-state index contributed by atoms with van der Waals surface area (Å²) in [6.07, 6.45) is -2.86. The number of nitrogens with zero attached hydrogens (tertiary/aromatic N) is 2. The number of amides is 1. The standard InChI is InChI=1S/C17H10F4N2OS/c18-14-8-12(6-7-13(14)17(19,20)21)23(10-24)16-22-9-15(25-16)11-4-2-1-3-5-11/h1-10H. The lowest BCUT2D eigenvalue weighted by Gasteiger charge is -2.15. The summed E-state index contributed by atoms with van der Waals surface area (Å²) >= 11 is 1.17. The van der Waals surface area contributed by atoms with Gasteiger partial charge in [0.25, 0.3) is 0 Å². The molecule has 3 nitrogen and oxygen atoms in total. The zero-order chi connectivity index (χ0) is 18.0. The molecule has 0 N–H and O–H groups in total. The zero-order valence-electron chi connectivity index (χ0n) is 12.5. The average Bonchev–Trinajstić information content (AvgIpc) is 3.05. The van der Waals surface area contributed by atoms with Crippen molar-refractivity contribution in [3.05, 3.63) is 66.1 Å². The van der Waals surface area contributed by atoms with Gasteiger partial charge in [0.15, 0.2) is 5.13 Å². The largest absolute Gasteiger partial charge is 0.419 e. The molecule has 0 spiro atoms. The predicted octanol–water partition coefficient (Wildman–Crippen LogP) is 5.26. The highest BCUT2D eigenvalue weighted by atomic mass is 32.1. The Kier molecular flexibility index (Phi) is 4.54. The van der Waals surface area contributed by atoms with Gasteiger partial charge in [-0.25, -0.2) is 9.37 Å². The third-order valence-electron chi connectivity index (χ3n) is 3.40. The summed E-state index contributed by atoms with van der Waals surface area (Å²) in [7, 11) is 0. The van der Waals surface area contributed by atoms with Crippen molar-refractivity contribution in [3.8, 4) is 10.4 Å². The van der Waals surface area contributed by atoms with E-state index in [1.54, 1.807) is 6.20 Å². The number of carbonyl (C=O) groups is 1. The third kappa shape index (κ3) is 3.53. The molecule has 3 aromatic rings. The highest BCUT2D eigenvalue weighted by Crippen LogP contribution is 2.36. The molecule has 1 amide bonds. The number of halogens is 4. The van der Waals surface area contributed by atoms with Crippen LogP contribution in [0.1, 0.15) is 5.56 Å². The lowest BCUT2D eigenvalue weighted by molar-refractivity contribution is -0.139. The molecule has 2 aromatic carbocycles. The predicted molar refractivity (Wildman–Crippen MR) is 87.2 cm³/mol. The van der Waals surface area contributed by atoms with Gasteiger partial charge >= 0.3 is 6.18 Å². The van der Waals surface area contributed by atoms with E-state index in [2.05, 4.69) is 4.98 Å². The van der Waals surface area contributed by atoms with Crippen LogP contribution in [0.15, 0.2) is 54.7 Å². The van der Waals surface area contributed by atoms with Crippen molar-refractivity contribution >= 4 is 28.6 Å². The summed E-state index contributed by atoms with van der Waals surface area (Å²) < 4.78 is 51.7. The number of hydrogen-bond donors (Lipinski definition) is 0. The molecule has 0 bridgehead atoms. The van der Waals surface area contributed by atoms with E-state index in [0.29, 0.717) is 18.5 Å². The number of thiazole rings is 1. The highest BCUT2D eigenvalue weighted by Gasteiger charge is 2.34. The normalized spacial score (nSPS) is 11.4. The molecule has 1 heterocycles. The van der Waals surface area contributed by atoms with E-state index in [9.17, 15) is 22.4 Å². The molecular weight excluding hydrogens is 356 g/mol. The SMILES string of the molecule is O=CN(c1ccc(C(F)(F)F)c(F)c1)c1ncc(-c2ccccc2)s1. The smallest absolute Gasteiger partial charge is 0.278 e. The highest BCUT2D eigenvalue weighted by molar-refractivity contribution is 7.19. The first-order chi connectivity index (χ1) is 11.9. The Morgan fingerprint density at radius 2 is 1.80 bits per heavy atom. The number of benzene rings is 2. The van der Waals surface area contributed by atoms with Crippen LogP contribution in [0.4, 0.5) is 28.4 Å². The van der Waals surface area contributed by atoms with Crippen molar-refractivity contribution in [1.82, 2.24) is 4.98 Å². The maximum Gasteiger partial charge on any atom is 0.419 e. The molecule has 0 unspecified atom stereocenters. The molecule has 0 aliphatic heterocycles. The van der Waals surface area contributed by atoms with Gasteiger partial charge in [-0.2, -0.15) is 13.2 Å². The van der Waals surface area contributed by atoms with Crippen LogP contribution in [0.3, 0.4) is 0 Å². The van der Waals surface area contributed by atoms with Crippen LogP contribution >= 0.6 is 11.3 Å². The average molecular weight is 366 g/mol. The summed E-state index contributed by atoms with van der Waals surface area (Å²) in [5.41, 5.74) is -0.531. The third-order valence-corrected chi connectivity index (χ3v) is 4.45. The topological polar surface area (TPSA) is 33.2 Å². The summed E-state index contributed by atoms with van der Waals surface area (Å²) in [6.45, 7) is 0. The fourth-order valence-electron chi connectivity index (χ4n) is 2.21. The maximum absolute atomic E-state index is 13.7. The van der Waals surface area contributed by atoms with Gasteiger partial charge in [0, 0.05) is 6.20 Å². The molecule has 8 heteroatoms. The van der Waals surface area contributed by atoms with Gasteiger partial charge in [-0.1, -0.05) is 41.7 Å². The fourth-order valence-corrected chi connectivity index (χ4v) is 3.12. The Morgan fingerprint density at radius 1 is 1.08 bits per heavy atom. The summed E-state index contributed by atoms with van der Waals surface area (Å²) in [5, 5.41) is 0.230. The number of alkyl halides is 3. The van der Waals surface area contributed by atoms with Crippen molar-refractivity contribution in [1.29, 1.82) is 0 Å². The van der Waals surface area contributed by atoms with Crippen LogP contribution in [0.5, 0.6) is 0 Å². The Bertz CT molecular complexity index is 893. The second-order valence-electron chi connectivity index (χ2n) is 5.01. The number of hydrogen-bond acceptors (Lipinski definition) is 3. The van der Waals surface area contributed by atoms with Crippen molar-refractivity contribution in [2.75, 3.05) is 4.90 Å². The Hall–Kier alpha value is -2.74. The van der Waals surface area contributed by atoms with Crippen LogP contribution in [-0.2, 0) is 11.0 Å². The number of rotatable bonds is 4. The lowest BCUT2D eigenvalue weighted by Crippen LogP contribution is -2.15. The first kappa shape index (κ1) is 17.1. The van der Waals surface area contributed by atoms with E-state index in [4.69, 9.17) is 0 Å². The summed E-state index contributed by atoms with van der Waals surface area (Å²) in [4.78, 5) is 17.3. The van der Waals surface area contributed by atoms with E-state index in [-0.39, 0.29) is 10.8 Å². The van der Waals surface area contributed by atoms with Gasteiger partial charge in [0.2, 0.25) is 6.41 Å². The van der Waals surface area contributed by atoms with Gasteiger partial charge in [-0.15, -0.1) is 0 Å². The summed E-state index contributed by atoms with van der Waals surface area (Å²) in [5.74, 6) is -1.45. The van der Waals surface area contributed by atoms with Gasteiger partial charge in [0.1, 0.15) is 5.82 Å². The zero-order valence-corrected chi connectivity index (χ0v) is 13.3. The van der Waals surface area contributed by atoms with Crippen molar-refractivity contribution in [2.24, 2.45) is 0 Å². The van der Waals surface area contributed by atoms with Crippen LogP contribution < -0.4 is 4.90 Å². The molecule has 0 fully saturated rings. The second kappa shape index (κ2) is 6.64. The quantitative estimate of drug-likeness (QED) is 0.466. The van der Waals surface area contributed by atoms with Crippen LogP contribution in [-0.4, -0.2) is 11.4 Å². The second-order valence-corrected chi connectivity index (χ2v) is 6.02. The first-order valence-electron chi connectivity index (χ1n) is 7.02. The molecule has 0 radical (unpaired) electrons. The van der Waals surface area contributed by atoms with Crippen molar-refractivity contribution in [2.45, 2.75) is 6.18 Å². The van der Waals surface area contributed by atoms with Gasteiger partial charge in [-0.05, 0) is 23.8 Å². The molecule has 0 saturated carbocycles. The van der Waals surface area contributed by atoms with Crippen molar-refractivity contribution < 1.29 is 22.4 Å². The van der Waals surface area contributed by atoms with Crippen LogP contribution in [0, 0.1) is 5.82 Å². The molecule has 0 aliphatic carbocycles. The monoisotopic (exact) mass is 366 g/mol. The minimum atomic E-state index is -4.80. The molecule has 3 rings (SSSR count). The number of aromatic nitrogens is 1. The molecule has 0 aliphatic rings. The molecule has 0 atom stereocenters. The Balaban J connectivity index is 1.95. The minimum Gasteiger partial charge on any atom is -0.278 e. The molecule has 0 saturated heterocycles. The summed E-state index contributed by atoms with van der Waals surface area (Å²) in [6, 6.07) is 11.6. The van der Waals surface area contributed by atoms with E-state index < -0.39 is 17.6 Å². The Labute approximate surface area is 144 Å². The maximum atomic E-state index is 13.7. The number of anilines is 2. The van der Waals surface area contributed by atoms with Crippen LogP contribution in [0.25, 0.3) is 10.4 Å². The molecular formula is C17H10F4N2OS. The van der Waals surface area contributed by atoms with E-state index in [1.807, 2.05) is 30.3 Å². The minimum absolute atomic E-state index is 0.0329. The van der Waals surface area contributed by atoms with Crippen LogP contribution in [0.2, 0.25) is 0 Å². The van der Waals surface area contributed by atoms with E-state index in [1.165, 1.54) is 11.3 Å². The van der Waals surface area contributed by atoms with E-state index >= 15 is 0 Å². The Morgan fingerprint density at radius 3 is 2.40 bits per heavy atom. The first-order valence-corrected chi connectivity index (χ1v) is 7.84. The van der Waals surface area contributed by atoms with Gasteiger partial charge in [-0.3, -0.25) is 9.69 Å². The molecule has 25 heavy (non-hydrogen) atoms. The lowest BCUT2D eigenvalue weighted by atomic mass is 10.2. The molecule has 128 valence electrons. The van der Waals surface area contributed by atoms with Gasteiger partial charge in [0.05, 0.1) is 16.1 Å². The number of carbonyl (C=O) groups excluding carboxylic acids is 1.